The highest BCUT2D eigenvalue weighted by molar-refractivity contribution is 7.90. The van der Waals surface area contributed by atoms with E-state index in [-0.39, 0.29) is 29.1 Å². The third-order valence-electron chi connectivity index (χ3n) is 4.85. The molecule has 1 N–H and O–H groups in total. The van der Waals surface area contributed by atoms with Crippen molar-refractivity contribution in [1.29, 1.82) is 0 Å². The molecule has 0 radical (unpaired) electrons. The van der Waals surface area contributed by atoms with Crippen LogP contribution < -0.4 is 0 Å². The number of benzene rings is 1. The predicted octanol–water partition coefficient (Wildman–Crippen LogP) is 4.83. The number of carboxylic acids is 1. The van der Waals surface area contributed by atoms with Gasteiger partial charge in [0.05, 0.1) is 21.0 Å². The first-order chi connectivity index (χ1) is 14.4. The van der Waals surface area contributed by atoms with E-state index in [2.05, 4.69) is 0 Å². The maximum Gasteiger partial charge on any atom is 0.416 e. The smallest absolute Gasteiger partial charge is 0.416 e. The Labute approximate surface area is 182 Å². The molecule has 0 atom stereocenters. The minimum atomic E-state index is -4.55. The molecule has 0 unspecified atom stereocenters. The molecule has 2 heterocycles. The van der Waals surface area contributed by atoms with E-state index in [4.69, 9.17) is 0 Å². The summed E-state index contributed by atoms with van der Waals surface area (Å²) in [4.78, 5) is 14.0. The van der Waals surface area contributed by atoms with Crippen molar-refractivity contribution in [2.75, 3.05) is 19.3 Å². The van der Waals surface area contributed by atoms with Gasteiger partial charge in [-0.15, -0.1) is 11.3 Å². The van der Waals surface area contributed by atoms with E-state index < -0.39 is 34.1 Å². The zero-order chi connectivity index (χ0) is 23.0. The summed E-state index contributed by atoms with van der Waals surface area (Å²) in [6, 6.07) is 9.60. The lowest BCUT2D eigenvalue weighted by molar-refractivity contribution is -0.137. The molecule has 0 amide bonds. The maximum atomic E-state index is 13.6. The predicted molar refractivity (Wildman–Crippen MR) is 113 cm³/mol. The quantitative estimate of drug-likeness (QED) is 0.653. The number of hydrogen-bond acceptors (Lipinski definition) is 5. The number of alkyl halides is 3. The van der Waals surface area contributed by atoms with Crippen molar-refractivity contribution in [3.8, 4) is 10.4 Å². The van der Waals surface area contributed by atoms with Crippen LogP contribution in [0.25, 0.3) is 16.1 Å². The summed E-state index contributed by atoms with van der Waals surface area (Å²) in [5.74, 6) is -1.14. The Balaban J connectivity index is 2.07. The number of aliphatic carboxylic acids is 1. The number of carbonyl (C=O) groups is 1. The van der Waals surface area contributed by atoms with Crippen LogP contribution in [0.5, 0.6) is 0 Å². The maximum absolute atomic E-state index is 13.6. The standard InChI is InChI=1S/C21H20F3NO4S2/c1-3-13-11-25(12-20(26)27)17(10-16(13)21(22,23)24)19-8-7-18(30-19)14-5-4-6-15(9-14)31(2,28)29/h4-10H,3,11-12H2,1-2H3,(H,26,27). The Bertz CT molecular complexity index is 1180. The lowest BCUT2D eigenvalue weighted by Gasteiger charge is -2.32. The summed E-state index contributed by atoms with van der Waals surface area (Å²) >= 11 is 1.18. The molecular weight excluding hydrogens is 451 g/mol. The molecule has 2 aromatic rings. The molecule has 1 aliphatic heterocycles. The minimum absolute atomic E-state index is 0.125. The SMILES string of the molecule is CCC1=C(C(F)(F)F)C=C(c2ccc(-c3cccc(S(C)(=O)=O)c3)s2)N(CC(=O)O)C1. The zero-order valence-electron chi connectivity index (χ0n) is 16.7. The van der Waals surface area contributed by atoms with Crippen LogP contribution >= 0.6 is 11.3 Å². The van der Waals surface area contributed by atoms with Crippen molar-refractivity contribution in [1.82, 2.24) is 4.90 Å². The fraction of sp³-hybridized carbons (Fsp3) is 0.286. The molecule has 5 nitrogen and oxygen atoms in total. The van der Waals surface area contributed by atoms with Crippen LogP contribution in [0.3, 0.4) is 0 Å². The van der Waals surface area contributed by atoms with Gasteiger partial charge in [0, 0.05) is 17.7 Å². The van der Waals surface area contributed by atoms with Gasteiger partial charge in [-0.3, -0.25) is 4.79 Å². The summed E-state index contributed by atoms with van der Waals surface area (Å²) in [5.41, 5.74) is 0.180. The molecule has 0 saturated heterocycles. The van der Waals surface area contributed by atoms with E-state index in [1.807, 2.05) is 0 Å². The average molecular weight is 472 g/mol. The number of thiophene rings is 1. The highest BCUT2D eigenvalue weighted by atomic mass is 32.2. The largest absolute Gasteiger partial charge is 0.480 e. The Morgan fingerprint density at radius 3 is 2.45 bits per heavy atom. The molecule has 0 bridgehead atoms. The monoisotopic (exact) mass is 471 g/mol. The van der Waals surface area contributed by atoms with Crippen molar-refractivity contribution < 1.29 is 31.5 Å². The Morgan fingerprint density at radius 1 is 1.19 bits per heavy atom. The number of nitrogens with zero attached hydrogens (tertiary/aromatic N) is 1. The van der Waals surface area contributed by atoms with Gasteiger partial charge >= 0.3 is 12.1 Å². The summed E-state index contributed by atoms with van der Waals surface area (Å²) in [7, 11) is -3.41. The molecule has 1 aliphatic rings. The average Bonchev–Trinajstić information content (AvgIpc) is 3.15. The van der Waals surface area contributed by atoms with Crippen LogP contribution in [0.2, 0.25) is 0 Å². The van der Waals surface area contributed by atoms with Crippen molar-refractivity contribution in [2.24, 2.45) is 0 Å². The first kappa shape index (κ1) is 23.1. The molecule has 0 saturated carbocycles. The van der Waals surface area contributed by atoms with Gasteiger partial charge in [-0.05, 0) is 47.9 Å². The van der Waals surface area contributed by atoms with Gasteiger partial charge in [-0.25, -0.2) is 8.42 Å². The van der Waals surface area contributed by atoms with Gasteiger partial charge < -0.3 is 10.0 Å². The summed E-state index contributed by atoms with van der Waals surface area (Å²) in [6.45, 7) is 1.05. The molecular formula is C21H20F3NO4S2. The first-order valence-corrected chi connectivity index (χ1v) is 12.0. The third kappa shape index (κ3) is 5.19. The van der Waals surface area contributed by atoms with Gasteiger partial charge in [0.25, 0.3) is 0 Å². The summed E-state index contributed by atoms with van der Waals surface area (Å²) in [5, 5.41) is 9.24. The second kappa shape index (κ2) is 8.51. The highest BCUT2D eigenvalue weighted by Gasteiger charge is 2.38. The van der Waals surface area contributed by atoms with Crippen molar-refractivity contribution in [3.63, 3.8) is 0 Å². The number of hydrogen-bond donors (Lipinski definition) is 1. The summed E-state index contributed by atoms with van der Waals surface area (Å²) in [6.07, 6.45) is -2.29. The molecule has 0 spiro atoms. The first-order valence-electron chi connectivity index (χ1n) is 9.28. The topological polar surface area (TPSA) is 74.7 Å². The highest BCUT2D eigenvalue weighted by Crippen LogP contribution is 2.41. The van der Waals surface area contributed by atoms with Crippen molar-refractivity contribution in [3.05, 3.63) is 58.5 Å². The Hall–Kier alpha value is -2.59. The lowest BCUT2D eigenvalue weighted by atomic mass is 9.98. The number of carboxylic acid groups (broad SMARTS) is 1. The molecule has 0 fully saturated rings. The molecule has 166 valence electrons. The van der Waals surface area contributed by atoms with Crippen LogP contribution in [-0.4, -0.2) is 49.9 Å². The van der Waals surface area contributed by atoms with E-state index in [1.165, 1.54) is 28.4 Å². The minimum Gasteiger partial charge on any atom is -0.480 e. The number of allylic oxidation sites excluding steroid dienone is 2. The van der Waals surface area contributed by atoms with Gasteiger partial charge in [-0.2, -0.15) is 13.2 Å². The Kier molecular flexibility index (Phi) is 6.33. The van der Waals surface area contributed by atoms with E-state index in [0.29, 0.717) is 15.3 Å². The van der Waals surface area contributed by atoms with Crippen LogP contribution in [0.1, 0.15) is 18.2 Å². The van der Waals surface area contributed by atoms with Crippen LogP contribution in [0.4, 0.5) is 13.2 Å². The zero-order valence-corrected chi connectivity index (χ0v) is 18.4. The molecule has 1 aromatic heterocycles. The van der Waals surface area contributed by atoms with E-state index in [9.17, 15) is 31.5 Å². The van der Waals surface area contributed by atoms with E-state index >= 15 is 0 Å². The van der Waals surface area contributed by atoms with Gasteiger partial charge in [0.1, 0.15) is 6.54 Å². The lowest BCUT2D eigenvalue weighted by Crippen LogP contribution is -2.34. The third-order valence-corrected chi connectivity index (χ3v) is 7.11. The van der Waals surface area contributed by atoms with Crippen LogP contribution in [0, 0.1) is 0 Å². The van der Waals surface area contributed by atoms with Crippen molar-refractivity contribution >= 4 is 32.8 Å². The van der Waals surface area contributed by atoms with E-state index in [0.717, 1.165) is 12.3 Å². The Morgan fingerprint density at radius 2 is 1.87 bits per heavy atom. The summed E-state index contributed by atoms with van der Waals surface area (Å²) < 4.78 is 64.4. The molecule has 3 rings (SSSR count). The second-order valence-corrected chi connectivity index (χ2v) is 10.2. The van der Waals surface area contributed by atoms with Gasteiger partial charge in [0.15, 0.2) is 9.84 Å². The second-order valence-electron chi connectivity index (χ2n) is 7.11. The molecule has 10 heteroatoms. The molecule has 0 aliphatic carbocycles. The number of rotatable bonds is 6. The normalized spacial score (nSPS) is 15.3. The fourth-order valence-corrected chi connectivity index (χ4v) is 5.07. The van der Waals surface area contributed by atoms with Crippen LogP contribution in [-0.2, 0) is 14.6 Å². The number of sulfone groups is 1. The van der Waals surface area contributed by atoms with E-state index in [1.54, 1.807) is 31.2 Å². The fourth-order valence-electron chi connectivity index (χ4n) is 3.36. The van der Waals surface area contributed by atoms with Crippen molar-refractivity contribution in [2.45, 2.75) is 24.4 Å². The molecule has 31 heavy (non-hydrogen) atoms. The number of halogens is 3. The van der Waals surface area contributed by atoms with Gasteiger partial charge in [-0.1, -0.05) is 19.1 Å². The molecule has 1 aromatic carbocycles. The van der Waals surface area contributed by atoms with Crippen LogP contribution in [0.15, 0.2) is 58.5 Å². The van der Waals surface area contributed by atoms with Gasteiger partial charge in [0.2, 0.25) is 0 Å².